The van der Waals surface area contributed by atoms with Gasteiger partial charge in [-0.15, -0.1) is 0 Å². The number of nitrogens with one attached hydrogen (secondary N) is 2. The highest BCUT2D eigenvalue weighted by atomic mass is 79.9. The van der Waals surface area contributed by atoms with Crippen LogP contribution in [0.1, 0.15) is 28.8 Å². The smallest absolute Gasteiger partial charge is 0.254 e. The Bertz CT molecular complexity index is 972. The number of aromatic nitrogens is 5. The molecule has 7 nitrogen and oxygen atoms in total. The molecule has 2 aromatic heterocycles. The molecule has 26 heavy (non-hydrogen) atoms. The van der Waals surface area contributed by atoms with Crippen molar-refractivity contribution < 1.29 is 4.79 Å². The number of carbonyl (C=O) groups excluding carboxylic acids is 1. The van der Waals surface area contributed by atoms with Crippen molar-refractivity contribution in [2.45, 2.75) is 26.8 Å². The van der Waals surface area contributed by atoms with Crippen LogP contribution in [0.2, 0.25) is 0 Å². The molecule has 0 unspecified atom stereocenters. The van der Waals surface area contributed by atoms with E-state index in [1.54, 1.807) is 10.9 Å². The first-order chi connectivity index (χ1) is 12.5. The third kappa shape index (κ3) is 3.78. The third-order valence-corrected chi connectivity index (χ3v) is 4.95. The average Bonchev–Trinajstić information content (AvgIpc) is 3.18. The molecule has 1 amide bonds. The molecule has 0 saturated carbocycles. The van der Waals surface area contributed by atoms with Gasteiger partial charge in [-0.05, 0) is 50.3 Å². The van der Waals surface area contributed by atoms with Crippen LogP contribution in [0.3, 0.4) is 0 Å². The highest BCUT2D eigenvalue weighted by Crippen LogP contribution is 2.17. The molecule has 0 aliphatic rings. The molecule has 9 heteroatoms. The number of amides is 1. The van der Waals surface area contributed by atoms with Crippen molar-refractivity contribution in [1.82, 2.24) is 29.9 Å². The van der Waals surface area contributed by atoms with Crippen molar-refractivity contribution in [1.29, 1.82) is 0 Å². The molecular weight excluding hydrogens is 416 g/mol. The fraction of sp³-hybridized carbons (Fsp3) is 0.294. The summed E-state index contributed by atoms with van der Waals surface area (Å²) in [5, 5.41) is 14.2. The Morgan fingerprint density at radius 1 is 1.35 bits per heavy atom. The van der Waals surface area contributed by atoms with E-state index in [1.807, 2.05) is 42.7 Å². The molecule has 2 heterocycles. The zero-order valence-corrected chi connectivity index (χ0v) is 16.9. The van der Waals surface area contributed by atoms with Gasteiger partial charge in [0.1, 0.15) is 5.82 Å². The summed E-state index contributed by atoms with van der Waals surface area (Å²) >= 11 is 8.58. The Morgan fingerprint density at radius 2 is 2.08 bits per heavy atom. The standard InChI is InChI=1S/C17H19BrN6OS/c1-3-23-15(21-22-17(23)26)8-9-19-16(25)14-10-20-24(11(14)2)13-6-4-12(18)5-7-13/h4-7,10H,3,8-9H2,1-2H3,(H,19,25)(H,22,26). The molecule has 0 spiro atoms. The quantitative estimate of drug-likeness (QED) is 0.583. The maximum Gasteiger partial charge on any atom is 0.254 e. The number of halogens is 1. The average molecular weight is 435 g/mol. The van der Waals surface area contributed by atoms with Crippen molar-refractivity contribution in [3.05, 3.63) is 56.8 Å². The molecule has 2 N–H and O–H groups in total. The van der Waals surface area contributed by atoms with Crippen LogP contribution in [0.25, 0.3) is 5.69 Å². The molecule has 136 valence electrons. The summed E-state index contributed by atoms with van der Waals surface area (Å²) in [5.41, 5.74) is 2.26. The summed E-state index contributed by atoms with van der Waals surface area (Å²) in [5.74, 6) is 0.683. The summed E-state index contributed by atoms with van der Waals surface area (Å²) in [6.45, 7) is 5.11. The summed E-state index contributed by atoms with van der Waals surface area (Å²) in [6, 6.07) is 7.77. The summed E-state index contributed by atoms with van der Waals surface area (Å²) in [7, 11) is 0. The lowest BCUT2D eigenvalue weighted by molar-refractivity contribution is 0.0953. The highest BCUT2D eigenvalue weighted by Gasteiger charge is 2.15. The molecule has 0 aliphatic carbocycles. The van der Waals surface area contributed by atoms with Crippen molar-refractivity contribution in [2.75, 3.05) is 6.54 Å². The van der Waals surface area contributed by atoms with Gasteiger partial charge < -0.3 is 9.88 Å². The molecule has 0 bridgehead atoms. The lowest BCUT2D eigenvalue weighted by Crippen LogP contribution is -2.27. The summed E-state index contributed by atoms with van der Waals surface area (Å²) in [6.07, 6.45) is 2.20. The number of benzene rings is 1. The van der Waals surface area contributed by atoms with E-state index < -0.39 is 0 Å². The summed E-state index contributed by atoms with van der Waals surface area (Å²) in [4.78, 5) is 12.5. The highest BCUT2D eigenvalue weighted by molar-refractivity contribution is 9.10. The monoisotopic (exact) mass is 434 g/mol. The fourth-order valence-electron chi connectivity index (χ4n) is 2.73. The number of aromatic amines is 1. The second kappa shape index (κ2) is 7.96. The number of hydrogen-bond acceptors (Lipinski definition) is 4. The molecule has 0 fully saturated rings. The van der Waals surface area contributed by atoms with E-state index in [1.165, 1.54) is 0 Å². The fourth-order valence-corrected chi connectivity index (χ4v) is 3.27. The van der Waals surface area contributed by atoms with Crippen molar-refractivity contribution in [3.63, 3.8) is 0 Å². The topological polar surface area (TPSA) is 80.5 Å². The minimum absolute atomic E-state index is 0.150. The molecule has 0 aliphatic heterocycles. The Labute approximate surface area is 164 Å². The van der Waals surface area contributed by atoms with Crippen molar-refractivity contribution in [3.8, 4) is 5.69 Å². The molecule has 0 radical (unpaired) electrons. The zero-order chi connectivity index (χ0) is 18.7. The number of nitrogens with zero attached hydrogens (tertiary/aromatic N) is 4. The largest absolute Gasteiger partial charge is 0.351 e. The zero-order valence-electron chi connectivity index (χ0n) is 14.5. The van der Waals surface area contributed by atoms with Gasteiger partial charge in [0.2, 0.25) is 0 Å². The van der Waals surface area contributed by atoms with Gasteiger partial charge in [0.25, 0.3) is 5.91 Å². The van der Waals surface area contributed by atoms with Gasteiger partial charge in [0.15, 0.2) is 4.77 Å². The lowest BCUT2D eigenvalue weighted by atomic mass is 10.2. The van der Waals surface area contributed by atoms with Gasteiger partial charge in [0.05, 0.1) is 23.1 Å². The second-order valence-corrected chi connectivity index (χ2v) is 7.03. The number of rotatable bonds is 6. The third-order valence-electron chi connectivity index (χ3n) is 4.11. The predicted molar refractivity (Wildman–Crippen MR) is 105 cm³/mol. The Balaban J connectivity index is 1.67. The lowest BCUT2D eigenvalue weighted by Gasteiger charge is -2.07. The number of carbonyl (C=O) groups is 1. The van der Waals surface area contributed by atoms with Gasteiger partial charge in [0, 0.05) is 24.0 Å². The van der Waals surface area contributed by atoms with E-state index >= 15 is 0 Å². The predicted octanol–water partition coefficient (Wildman–Crippen LogP) is 3.19. The van der Waals surface area contributed by atoms with Crippen LogP contribution in [0, 0.1) is 11.7 Å². The van der Waals surface area contributed by atoms with Gasteiger partial charge in [-0.25, -0.2) is 4.68 Å². The number of hydrogen-bond donors (Lipinski definition) is 2. The summed E-state index contributed by atoms with van der Waals surface area (Å²) < 4.78 is 5.26. The van der Waals surface area contributed by atoms with Gasteiger partial charge in [-0.1, -0.05) is 15.9 Å². The van der Waals surface area contributed by atoms with E-state index in [0.717, 1.165) is 28.2 Å². The van der Waals surface area contributed by atoms with Crippen LogP contribution in [0.4, 0.5) is 0 Å². The normalized spacial score (nSPS) is 10.9. The molecule has 1 aromatic carbocycles. The van der Waals surface area contributed by atoms with Crippen molar-refractivity contribution >= 4 is 34.1 Å². The first-order valence-corrected chi connectivity index (χ1v) is 9.44. The van der Waals surface area contributed by atoms with Crippen LogP contribution in [0.5, 0.6) is 0 Å². The van der Waals surface area contributed by atoms with Crippen molar-refractivity contribution in [2.24, 2.45) is 0 Å². The van der Waals surface area contributed by atoms with Crippen LogP contribution in [0.15, 0.2) is 34.9 Å². The molecule has 3 aromatic rings. The Kier molecular flexibility index (Phi) is 5.67. The second-order valence-electron chi connectivity index (χ2n) is 5.73. The van der Waals surface area contributed by atoms with Crippen LogP contribution in [-0.4, -0.2) is 37.0 Å². The van der Waals surface area contributed by atoms with Crippen LogP contribution < -0.4 is 5.32 Å². The van der Waals surface area contributed by atoms with Gasteiger partial charge in [-0.2, -0.15) is 10.2 Å². The SMILES string of the molecule is CCn1c(CCNC(=O)c2cnn(-c3ccc(Br)cc3)c2C)n[nH]c1=S. The Morgan fingerprint density at radius 3 is 2.77 bits per heavy atom. The minimum atomic E-state index is -0.150. The Hall–Kier alpha value is -2.26. The molecular formula is C17H19BrN6OS. The van der Waals surface area contributed by atoms with E-state index in [-0.39, 0.29) is 5.91 Å². The van der Waals surface area contributed by atoms with E-state index in [9.17, 15) is 4.79 Å². The number of H-pyrrole nitrogens is 1. The van der Waals surface area contributed by atoms with Gasteiger partial charge >= 0.3 is 0 Å². The molecule has 0 atom stereocenters. The first-order valence-electron chi connectivity index (χ1n) is 8.24. The maximum atomic E-state index is 12.5. The maximum absolute atomic E-state index is 12.5. The molecule has 0 saturated heterocycles. The molecule has 3 rings (SSSR count). The van der Waals surface area contributed by atoms with Gasteiger partial charge in [-0.3, -0.25) is 9.89 Å². The van der Waals surface area contributed by atoms with Crippen LogP contribution >= 0.6 is 28.1 Å². The van der Waals surface area contributed by atoms with E-state index in [2.05, 4.69) is 36.5 Å². The first kappa shape index (κ1) is 18.5. The van der Waals surface area contributed by atoms with E-state index in [4.69, 9.17) is 12.2 Å². The van der Waals surface area contributed by atoms with E-state index in [0.29, 0.717) is 23.3 Å². The minimum Gasteiger partial charge on any atom is -0.351 e. The van der Waals surface area contributed by atoms with Crippen LogP contribution in [-0.2, 0) is 13.0 Å².